The molecule has 11 nitrogen and oxygen atoms in total. The van der Waals surface area contributed by atoms with Crippen molar-refractivity contribution in [2.75, 3.05) is 11.5 Å². The molecule has 1 unspecified atom stereocenters. The van der Waals surface area contributed by atoms with Crippen molar-refractivity contribution in [1.82, 2.24) is 15.2 Å². The van der Waals surface area contributed by atoms with Gasteiger partial charge >= 0.3 is 0 Å². The lowest BCUT2D eigenvalue weighted by Gasteiger charge is -2.50. The second-order valence-corrected chi connectivity index (χ2v) is 9.10. The average Bonchev–Trinajstić information content (AvgIpc) is 3.26. The van der Waals surface area contributed by atoms with Gasteiger partial charge in [-0.25, -0.2) is 9.55 Å². The average molecular weight is 499 g/mol. The van der Waals surface area contributed by atoms with Gasteiger partial charge in [0.05, 0.1) is 11.7 Å². The van der Waals surface area contributed by atoms with Gasteiger partial charge in [0.2, 0.25) is 0 Å². The number of fused-ring (bicyclic) bond motifs is 1. The number of aliphatic carboxylic acids is 1. The molecule has 4 rings (SSSR count). The zero-order valence-corrected chi connectivity index (χ0v) is 19.4. The van der Waals surface area contributed by atoms with Crippen molar-refractivity contribution in [2.24, 2.45) is 5.16 Å². The van der Waals surface area contributed by atoms with E-state index in [-0.39, 0.29) is 22.2 Å². The van der Waals surface area contributed by atoms with Crippen LogP contribution in [-0.2, 0) is 25.8 Å². The zero-order valence-electron chi connectivity index (χ0n) is 17.8. The van der Waals surface area contributed by atoms with Crippen molar-refractivity contribution in [3.8, 4) is 12.0 Å². The molecule has 34 heavy (non-hydrogen) atoms. The molecule has 2 atom stereocenters. The fourth-order valence-corrected chi connectivity index (χ4v) is 5.36. The fraction of sp³-hybridized carbons (Fsp3) is 0.238. The van der Waals surface area contributed by atoms with Gasteiger partial charge in [0, 0.05) is 35.8 Å². The minimum absolute atomic E-state index is 0.162. The molecule has 0 bridgehead atoms. The van der Waals surface area contributed by atoms with Crippen LogP contribution >= 0.6 is 23.1 Å². The number of aromatic nitrogens is 2. The summed E-state index contributed by atoms with van der Waals surface area (Å²) in [7, 11) is 0. The van der Waals surface area contributed by atoms with Crippen LogP contribution in [-0.4, -0.2) is 50.5 Å². The Hall–Kier alpha value is -3.89. The molecule has 174 valence electrons. The molecular weight excluding hydrogens is 480 g/mol. The van der Waals surface area contributed by atoms with Crippen LogP contribution in [0, 0.1) is 12.0 Å². The lowest BCUT2D eigenvalue weighted by molar-refractivity contribution is -0.689. The molecule has 2 amide bonds. The summed E-state index contributed by atoms with van der Waals surface area (Å²) < 4.78 is 1.81. The second kappa shape index (κ2) is 9.94. The van der Waals surface area contributed by atoms with Gasteiger partial charge in [-0.1, -0.05) is 17.1 Å². The van der Waals surface area contributed by atoms with Crippen LogP contribution in [0.5, 0.6) is 0 Å². The zero-order chi connectivity index (χ0) is 24.2. The van der Waals surface area contributed by atoms with E-state index >= 15 is 0 Å². The highest BCUT2D eigenvalue weighted by molar-refractivity contribution is 8.00. The number of rotatable bonds is 7. The van der Waals surface area contributed by atoms with Crippen molar-refractivity contribution in [1.29, 1.82) is 0 Å². The van der Waals surface area contributed by atoms with Gasteiger partial charge in [-0.3, -0.25) is 14.5 Å². The summed E-state index contributed by atoms with van der Waals surface area (Å²) >= 11 is 2.46. The minimum atomic E-state index is -1.44. The third kappa shape index (κ3) is 4.59. The van der Waals surface area contributed by atoms with Gasteiger partial charge in [0.15, 0.2) is 29.8 Å². The molecule has 1 fully saturated rings. The molecule has 0 aromatic carbocycles. The molecule has 2 aromatic rings. The van der Waals surface area contributed by atoms with Crippen LogP contribution in [0.3, 0.4) is 0 Å². The fourth-order valence-electron chi connectivity index (χ4n) is 3.48. The Morgan fingerprint density at radius 1 is 1.41 bits per heavy atom. The number of nitrogens with one attached hydrogen (secondary N) is 1. The lowest BCUT2D eigenvalue weighted by Crippen LogP contribution is -2.71. The molecule has 2 aromatic heterocycles. The van der Waals surface area contributed by atoms with Gasteiger partial charge in [-0.15, -0.1) is 23.1 Å². The number of carbonyl (C=O) groups excluding carboxylic acids is 3. The Labute approximate surface area is 202 Å². The Morgan fingerprint density at radius 3 is 2.82 bits per heavy atom. The first-order valence-electron chi connectivity index (χ1n) is 9.90. The molecule has 0 saturated carbocycles. The number of nitrogen functional groups attached to an aromatic ring is 1. The maximum absolute atomic E-state index is 12.9. The van der Waals surface area contributed by atoms with Crippen molar-refractivity contribution >= 4 is 51.7 Å². The minimum Gasteiger partial charge on any atom is -0.543 e. The van der Waals surface area contributed by atoms with Gasteiger partial charge in [-0.05, 0) is 0 Å². The monoisotopic (exact) mass is 498 g/mol. The molecule has 3 N–H and O–H groups in total. The number of nitrogens with zero attached hydrogens (tertiary/aromatic N) is 4. The summed E-state index contributed by atoms with van der Waals surface area (Å²) in [5.74, 6) is 0.0927. The Balaban J connectivity index is 1.54. The van der Waals surface area contributed by atoms with Crippen molar-refractivity contribution < 1.29 is 28.9 Å². The first-order valence-corrected chi connectivity index (χ1v) is 11.8. The molecule has 4 heterocycles. The van der Waals surface area contributed by atoms with Crippen LogP contribution in [0.2, 0.25) is 0 Å². The maximum Gasteiger partial charge on any atom is 0.276 e. The maximum atomic E-state index is 12.9. The summed E-state index contributed by atoms with van der Waals surface area (Å²) in [4.78, 5) is 47.7. The summed E-state index contributed by atoms with van der Waals surface area (Å²) in [6.45, 7) is 1.83. The smallest absolute Gasteiger partial charge is 0.276 e. The molecule has 0 aliphatic carbocycles. The van der Waals surface area contributed by atoms with E-state index < -0.39 is 29.2 Å². The first-order chi connectivity index (χ1) is 16.4. The molecule has 2 aliphatic rings. The van der Waals surface area contributed by atoms with Crippen molar-refractivity contribution in [3.63, 3.8) is 0 Å². The highest BCUT2D eigenvalue weighted by Crippen LogP contribution is 2.40. The van der Waals surface area contributed by atoms with Gasteiger partial charge in [0.25, 0.3) is 11.8 Å². The lowest BCUT2D eigenvalue weighted by atomic mass is 10.0. The van der Waals surface area contributed by atoms with E-state index in [1.807, 2.05) is 22.8 Å². The Morgan fingerprint density at radius 2 is 2.18 bits per heavy atom. The largest absolute Gasteiger partial charge is 0.543 e. The van der Waals surface area contributed by atoms with E-state index in [0.717, 1.165) is 16.2 Å². The van der Waals surface area contributed by atoms with Gasteiger partial charge < -0.3 is 25.8 Å². The number of thiazole rings is 1. The van der Waals surface area contributed by atoms with Crippen LogP contribution in [0.1, 0.15) is 12.6 Å². The molecule has 2 aliphatic heterocycles. The highest BCUT2D eigenvalue weighted by Gasteiger charge is 2.53. The van der Waals surface area contributed by atoms with Gasteiger partial charge in [0.1, 0.15) is 23.2 Å². The summed E-state index contributed by atoms with van der Waals surface area (Å²) in [6, 6.07) is 4.53. The number of nitrogens with two attached hydrogens (primary N) is 1. The Bertz CT molecular complexity index is 1260. The second-order valence-electron chi connectivity index (χ2n) is 7.10. The topological polar surface area (TPSA) is 154 Å². The van der Waals surface area contributed by atoms with Gasteiger partial charge in [-0.2, -0.15) is 0 Å². The number of carbonyl (C=O) groups is 3. The number of pyridine rings is 1. The molecule has 1 saturated heterocycles. The van der Waals surface area contributed by atoms with E-state index in [1.165, 1.54) is 24.1 Å². The van der Waals surface area contributed by atoms with Crippen LogP contribution in [0.4, 0.5) is 5.13 Å². The first kappa shape index (κ1) is 23.3. The SMILES string of the molecule is CC#CO/N=C(\C(=O)NC1C(=O)N2C(C(=O)[O-])=C(C[n+]3ccccc3)CS[C@@H]12)c1csc(N)n1. The molecule has 13 heteroatoms. The number of hydrogen-bond acceptors (Lipinski definition) is 10. The van der Waals surface area contributed by atoms with Crippen LogP contribution in [0.25, 0.3) is 0 Å². The number of oxime groups is 1. The number of amides is 2. The summed E-state index contributed by atoms with van der Waals surface area (Å²) in [5, 5.41) is 19.4. The quantitative estimate of drug-likeness (QED) is 0.159. The predicted molar refractivity (Wildman–Crippen MR) is 121 cm³/mol. The standard InChI is InChI=1S/C21H18N6O5S2/c1-2-8-32-25-14(13-11-34-21(22)23-13)17(28)24-15-18(29)27-16(20(30)31)12(10-33-19(15)27)9-26-6-4-3-5-7-26/h3-7,11,15,19H,9-10H2,1H3,(H3-,22,23,24,28,30,31)/b25-14-/t15?,19-/m0/s1. The molecular formula is C21H18N6O5S2. The highest BCUT2D eigenvalue weighted by atomic mass is 32.2. The van der Waals surface area contributed by atoms with E-state index in [0.29, 0.717) is 17.9 Å². The summed E-state index contributed by atoms with van der Waals surface area (Å²) in [6.07, 6.45) is 5.86. The van der Waals surface area contributed by atoms with E-state index in [2.05, 4.69) is 27.5 Å². The van der Waals surface area contributed by atoms with Crippen LogP contribution < -0.4 is 20.7 Å². The molecule has 0 spiro atoms. The predicted octanol–water partition coefficient (Wildman–Crippen LogP) is -1.18. The molecule has 0 radical (unpaired) electrons. The number of carboxylic acid groups (broad SMARTS) is 1. The van der Waals surface area contributed by atoms with E-state index in [4.69, 9.17) is 10.6 Å². The third-order valence-corrected chi connectivity index (χ3v) is 6.96. The number of carboxylic acids is 1. The number of β-lactam (4-membered cyclic amide) rings is 1. The number of thioether (sulfide) groups is 1. The summed E-state index contributed by atoms with van der Waals surface area (Å²) in [5.41, 5.74) is 5.98. The number of hydrogen-bond donors (Lipinski definition) is 2. The van der Waals surface area contributed by atoms with Crippen LogP contribution in [0.15, 0.2) is 52.4 Å². The van der Waals surface area contributed by atoms with Crippen molar-refractivity contribution in [2.45, 2.75) is 24.9 Å². The normalized spacial score (nSPS) is 19.5. The Kier molecular flexibility index (Phi) is 6.80. The number of anilines is 1. The van der Waals surface area contributed by atoms with Crippen molar-refractivity contribution in [3.05, 3.63) is 52.9 Å². The van der Waals surface area contributed by atoms with E-state index in [9.17, 15) is 19.5 Å². The third-order valence-electron chi connectivity index (χ3n) is 4.94. The van der Waals surface area contributed by atoms with E-state index in [1.54, 1.807) is 12.4 Å².